The molecule has 3 rings (SSSR count). The average molecular weight is 349 g/mol. The summed E-state index contributed by atoms with van der Waals surface area (Å²) in [5.74, 6) is 0.881. The summed E-state index contributed by atoms with van der Waals surface area (Å²) in [7, 11) is 3.79. The van der Waals surface area contributed by atoms with Gasteiger partial charge in [-0.1, -0.05) is 48.6 Å². The summed E-state index contributed by atoms with van der Waals surface area (Å²) in [5.41, 5.74) is 3.35. The Kier molecular flexibility index (Phi) is 7.72. The normalized spacial score (nSPS) is 10.8. The summed E-state index contributed by atoms with van der Waals surface area (Å²) in [6.07, 6.45) is 7.90. The number of hydrogen-bond acceptors (Lipinski definition) is 3. The highest BCUT2D eigenvalue weighted by Gasteiger charge is 2.06. The third kappa shape index (κ3) is 5.64. The lowest BCUT2D eigenvalue weighted by molar-refractivity contribution is 0.363. The maximum absolute atomic E-state index is 5.59. The predicted molar refractivity (Wildman–Crippen MR) is 110 cm³/mol. The summed E-state index contributed by atoms with van der Waals surface area (Å²) in [6.45, 7) is 7.00. The number of para-hydroxylation sites is 1. The van der Waals surface area contributed by atoms with Crippen molar-refractivity contribution in [3.8, 4) is 5.75 Å². The van der Waals surface area contributed by atoms with E-state index in [9.17, 15) is 0 Å². The number of furan rings is 1. The molecular formula is C23H27NO2. The molecule has 136 valence electrons. The lowest BCUT2D eigenvalue weighted by atomic mass is 10.1. The first kappa shape index (κ1) is 19.5. The molecule has 0 bridgehead atoms. The van der Waals surface area contributed by atoms with Crippen molar-refractivity contribution in [2.75, 3.05) is 20.7 Å². The van der Waals surface area contributed by atoms with Crippen LogP contribution < -0.4 is 4.74 Å². The van der Waals surface area contributed by atoms with Gasteiger partial charge in [0.15, 0.2) is 0 Å². The third-order valence-electron chi connectivity index (χ3n) is 3.84. The number of fused-ring (bicyclic) bond motifs is 1. The number of methoxy groups -OCH3 is 1. The van der Waals surface area contributed by atoms with Crippen LogP contribution in [0.2, 0.25) is 0 Å². The molecule has 1 heterocycles. The van der Waals surface area contributed by atoms with E-state index in [1.54, 1.807) is 13.2 Å². The smallest absolute Gasteiger partial charge is 0.134 e. The van der Waals surface area contributed by atoms with Crippen LogP contribution in [0.5, 0.6) is 5.75 Å². The van der Waals surface area contributed by atoms with Gasteiger partial charge in [-0.25, -0.2) is 0 Å². The molecule has 26 heavy (non-hydrogen) atoms. The molecule has 0 unspecified atom stereocenters. The van der Waals surface area contributed by atoms with E-state index in [4.69, 9.17) is 9.15 Å². The lowest BCUT2D eigenvalue weighted by Crippen LogP contribution is -2.17. The van der Waals surface area contributed by atoms with Crippen LogP contribution in [-0.2, 0) is 6.54 Å². The number of nitrogens with zero attached hydrogens (tertiary/aromatic N) is 1. The molecule has 0 atom stereocenters. The van der Waals surface area contributed by atoms with Crippen LogP contribution in [0, 0.1) is 0 Å². The summed E-state index contributed by atoms with van der Waals surface area (Å²) >= 11 is 0. The number of ether oxygens (including phenoxy) is 1. The Hall–Kier alpha value is -2.78. The number of hydrogen-bond donors (Lipinski definition) is 0. The van der Waals surface area contributed by atoms with Crippen molar-refractivity contribution in [3.05, 3.63) is 84.7 Å². The molecule has 0 N–H and O–H groups in total. The molecule has 0 aliphatic heterocycles. The molecule has 0 saturated carbocycles. The first-order valence-corrected chi connectivity index (χ1v) is 8.69. The second-order valence-electron chi connectivity index (χ2n) is 6.04. The third-order valence-corrected chi connectivity index (χ3v) is 3.84. The van der Waals surface area contributed by atoms with Gasteiger partial charge >= 0.3 is 0 Å². The Morgan fingerprint density at radius 2 is 1.81 bits per heavy atom. The molecule has 0 amide bonds. The SMILES string of the molecule is C=CC.COc1ccc(/C=C/CN(C)Cc2coc3ccccc23)cc1. The van der Waals surface area contributed by atoms with Crippen LogP contribution in [0.15, 0.2) is 77.9 Å². The van der Waals surface area contributed by atoms with Gasteiger partial charge < -0.3 is 9.15 Å². The Morgan fingerprint density at radius 1 is 1.12 bits per heavy atom. The van der Waals surface area contributed by atoms with Gasteiger partial charge in [0.05, 0.1) is 13.4 Å². The van der Waals surface area contributed by atoms with Gasteiger partial charge in [-0.05, 0) is 37.7 Å². The molecule has 2 aromatic carbocycles. The fourth-order valence-electron chi connectivity index (χ4n) is 2.59. The van der Waals surface area contributed by atoms with Crippen molar-refractivity contribution in [2.45, 2.75) is 13.5 Å². The van der Waals surface area contributed by atoms with Gasteiger partial charge in [-0.2, -0.15) is 0 Å². The minimum Gasteiger partial charge on any atom is -0.497 e. The minimum atomic E-state index is 0.865. The highest BCUT2D eigenvalue weighted by molar-refractivity contribution is 5.80. The quantitative estimate of drug-likeness (QED) is 0.528. The molecule has 1 aromatic heterocycles. The highest BCUT2D eigenvalue weighted by Crippen LogP contribution is 2.21. The highest BCUT2D eigenvalue weighted by atomic mass is 16.5. The van der Waals surface area contributed by atoms with Crippen LogP contribution in [0.25, 0.3) is 17.0 Å². The molecule has 0 fully saturated rings. The Bertz CT molecular complexity index is 831. The van der Waals surface area contributed by atoms with Crippen LogP contribution in [0.3, 0.4) is 0 Å². The minimum absolute atomic E-state index is 0.865. The number of allylic oxidation sites excluding steroid dienone is 1. The van der Waals surface area contributed by atoms with E-state index in [1.807, 2.05) is 43.5 Å². The van der Waals surface area contributed by atoms with Gasteiger partial charge in [0.25, 0.3) is 0 Å². The van der Waals surface area contributed by atoms with Gasteiger partial charge in [0.2, 0.25) is 0 Å². The van der Waals surface area contributed by atoms with E-state index < -0.39 is 0 Å². The second-order valence-corrected chi connectivity index (χ2v) is 6.04. The van der Waals surface area contributed by atoms with E-state index in [-0.39, 0.29) is 0 Å². The monoisotopic (exact) mass is 349 g/mol. The van der Waals surface area contributed by atoms with Gasteiger partial charge in [-0.3, -0.25) is 4.90 Å². The summed E-state index contributed by atoms with van der Waals surface area (Å²) < 4.78 is 10.8. The average Bonchev–Trinajstić information content (AvgIpc) is 3.06. The van der Waals surface area contributed by atoms with Crippen molar-refractivity contribution in [2.24, 2.45) is 0 Å². The largest absolute Gasteiger partial charge is 0.497 e. The molecule has 3 aromatic rings. The lowest BCUT2D eigenvalue weighted by Gasteiger charge is -2.13. The molecule has 0 radical (unpaired) electrons. The standard InChI is InChI=1S/C20H21NO2.C3H6/c1-21(13-5-6-16-9-11-18(22-2)12-10-16)14-17-15-23-20-8-4-3-7-19(17)20;1-3-2/h3-12,15H,13-14H2,1-2H3;3H,1H2,2H3/b6-5+;. The molecular weight excluding hydrogens is 322 g/mol. The van der Waals surface area contributed by atoms with Crippen LogP contribution in [0.1, 0.15) is 18.1 Å². The first-order valence-electron chi connectivity index (χ1n) is 8.69. The zero-order chi connectivity index (χ0) is 18.8. The zero-order valence-corrected chi connectivity index (χ0v) is 15.8. The van der Waals surface area contributed by atoms with Crippen molar-refractivity contribution in [1.29, 1.82) is 0 Å². The Labute approximate surface area is 156 Å². The fraction of sp³-hybridized carbons (Fsp3) is 0.217. The molecule has 0 spiro atoms. The first-order chi connectivity index (χ1) is 12.7. The fourth-order valence-corrected chi connectivity index (χ4v) is 2.59. The van der Waals surface area contributed by atoms with E-state index in [0.29, 0.717) is 0 Å². The summed E-state index contributed by atoms with van der Waals surface area (Å²) in [6, 6.07) is 16.2. The van der Waals surface area contributed by atoms with E-state index in [2.05, 4.69) is 48.9 Å². The van der Waals surface area contributed by atoms with Crippen molar-refractivity contribution in [3.63, 3.8) is 0 Å². The molecule has 0 aliphatic rings. The van der Waals surface area contributed by atoms with Crippen LogP contribution in [-0.4, -0.2) is 25.6 Å². The number of rotatable bonds is 6. The summed E-state index contributed by atoms with van der Waals surface area (Å²) in [4.78, 5) is 2.26. The number of likely N-dealkylation sites (N-methyl/N-ethyl adjacent to an activating group) is 1. The van der Waals surface area contributed by atoms with E-state index in [0.717, 1.165) is 24.4 Å². The van der Waals surface area contributed by atoms with E-state index in [1.165, 1.54) is 16.5 Å². The summed E-state index contributed by atoms with van der Waals surface area (Å²) in [5, 5.41) is 1.19. The van der Waals surface area contributed by atoms with E-state index >= 15 is 0 Å². The van der Waals surface area contributed by atoms with Crippen molar-refractivity contribution >= 4 is 17.0 Å². The maximum atomic E-state index is 5.59. The predicted octanol–water partition coefficient (Wildman–Crippen LogP) is 5.78. The van der Waals surface area contributed by atoms with Crippen molar-refractivity contribution < 1.29 is 9.15 Å². The van der Waals surface area contributed by atoms with Gasteiger partial charge in [0, 0.05) is 24.0 Å². The molecule has 0 aliphatic carbocycles. The zero-order valence-electron chi connectivity index (χ0n) is 15.8. The van der Waals surface area contributed by atoms with Gasteiger partial charge in [0.1, 0.15) is 11.3 Å². The second kappa shape index (κ2) is 10.3. The Balaban J connectivity index is 0.000000758. The Morgan fingerprint density at radius 3 is 2.50 bits per heavy atom. The maximum Gasteiger partial charge on any atom is 0.134 e. The van der Waals surface area contributed by atoms with Crippen LogP contribution >= 0.6 is 0 Å². The van der Waals surface area contributed by atoms with Crippen LogP contribution in [0.4, 0.5) is 0 Å². The topological polar surface area (TPSA) is 25.6 Å². The van der Waals surface area contributed by atoms with Gasteiger partial charge in [-0.15, -0.1) is 6.58 Å². The van der Waals surface area contributed by atoms with Crippen molar-refractivity contribution in [1.82, 2.24) is 4.90 Å². The molecule has 3 heteroatoms. The molecule has 0 saturated heterocycles. The molecule has 3 nitrogen and oxygen atoms in total. The number of benzene rings is 2.